The van der Waals surface area contributed by atoms with Gasteiger partial charge in [-0.25, -0.2) is 10.2 Å². The minimum absolute atomic E-state index is 0.206. The number of ether oxygens (including phenoxy) is 1. The van der Waals surface area contributed by atoms with E-state index >= 15 is 0 Å². The molecule has 0 aromatic heterocycles. The van der Waals surface area contributed by atoms with Crippen LogP contribution in [-0.4, -0.2) is 30.4 Å². The lowest BCUT2D eigenvalue weighted by molar-refractivity contribution is -0.136. The van der Waals surface area contributed by atoms with E-state index in [9.17, 15) is 9.59 Å². The second-order valence-electron chi connectivity index (χ2n) is 3.84. The number of aldehydes is 1. The highest BCUT2D eigenvalue weighted by Crippen LogP contribution is 2.17. The topological polar surface area (TPSA) is 58.6 Å². The Morgan fingerprint density at radius 1 is 1.56 bits per heavy atom. The molecule has 0 saturated heterocycles. The van der Waals surface area contributed by atoms with E-state index in [1.54, 1.807) is 17.4 Å². The summed E-state index contributed by atoms with van der Waals surface area (Å²) in [6.07, 6.45) is 4.36. The number of carbonyl (C=O) groups excluding carboxylic acids is 2. The summed E-state index contributed by atoms with van der Waals surface area (Å²) in [5.41, 5.74) is 4.07. The molecule has 0 radical (unpaired) electrons. The maximum absolute atomic E-state index is 11.4. The van der Waals surface area contributed by atoms with Crippen LogP contribution in [0.1, 0.15) is 20.3 Å². The van der Waals surface area contributed by atoms with Crippen LogP contribution in [0.2, 0.25) is 0 Å². The third kappa shape index (κ3) is 3.20. The molecule has 0 spiro atoms. The van der Waals surface area contributed by atoms with Crippen LogP contribution >= 0.6 is 0 Å². The summed E-state index contributed by atoms with van der Waals surface area (Å²) in [7, 11) is 1.32. The molecule has 16 heavy (non-hydrogen) atoms. The van der Waals surface area contributed by atoms with Gasteiger partial charge in [-0.2, -0.15) is 0 Å². The Kier molecular flexibility index (Phi) is 4.25. The Morgan fingerprint density at radius 2 is 2.25 bits per heavy atom. The molecule has 0 aromatic rings. The van der Waals surface area contributed by atoms with Crippen molar-refractivity contribution in [1.82, 2.24) is 10.4 Å². The van der Waals surface area contributed by atoms with Crippen molar-refractivity contribution in [2.45, 2.75) is 26.3 Å². The van der Waals surface area contributed by atoms with E-state index in [0.717, 1.165) is 6.29 Å². The van der Waals surface area contributed by atoms with Gasteiger partial charge in [-0.05, 0) is 13.8 Å². The van der Waals surface area contributed by atoms with Gasteiger partial charge in [0.25, 0.3) is 0 Å². The first-order valence-electron chi connectivity index (χ1n) is 5.06. The average Bonchev–Trinajstić information content (AvgIpc) is 2.26. The SMILES string of the molecule is COC(=O)C1=CN(NC(C)C)C=C(C=O)C1. The van der Waals surface area contributed by atoms with Crippen LogP contribution in [0.4, 0.5) is 0 Å². The zero-order valence-electron chi connectivity index (χ0n) is 9.69. The first-order valence-corrected chi connectivity index (χ1v) is 5.06. The Hall–Kier alpha value is -1.62. The van der Waals surface area contributed by atoms with Gasteiger partial charge in [-0.15, -0.1) is 0 Å². The number of allylic oxidation sites excluding steroid dienone is 1. The van der Waals surface area contributed by atoms with Crippen molar-refractivity contribution in [2.24, 2.45) is 0 Å². The summed E-state index contributed by atoms with van der Waals surface area (Å²) in [5.74, 6) is -0.414. The molecule has 1 aliphatic heterocycles. The van der Waals surface area contributed by atoms with Crippen LogP contribution in [-0.2, 0) is 14.3 Å². The predicted octanol–water partition coefficient (Wildman–Crippen LogP) is 0.745. The quantitative estimate of drug-likeness (QED) is 0.564. The normalized spacial score (nSPS) is 15.6. The van der Waals surface area contributed by atoms with Crippen molar-refractivity contribution in [3.8, 4) is 0 Å². The average molecular weight is 224 g/mol. The number of esters is 1. The maximum atomic E-state index is 11.4. The molecule has 0 bridgehead atoms. The highest BCUT2D eigenvalue weighted by atomic mass is 16.5. The molecule has 0 aromatic carbocycles. The van der Waals surface area contributed by atoms with E-state index in [0.29, 0.717) is 17.6 Å². The number of nitrogens with zero attached hydrogens (tertiary/aromatic N) is 1. The summed E-state index contributed by atoms with van der Waals surface area (Å²) < 4.78 is 4.63. The number of hydrogen-bond acceptors (Lipinski definition) is 5. The summed E-state index contributed by atoms with van der Waals surface area (Å²) in [5, 5.41) is 1.62. The number of hydrazine groups is 1. The Morgan fingerprint density at radius 3 is 2.75 bits per heavy atom. The molecule has 5 nitrogen and oxygen atoms in total. The molecular weight excluding hydrogens is 208 g/mol. The summed E-state index contributed by atoms with van der Waals surface area (Å²) in [6, 6.07) is 0.206. The van der Waals surface area contributed by atoms with Gasteiger partial charge in [0.05, 0.1) is 12.7 Å². The molecule has 0 unspecified atom stereocenters. The van der Waals surface area contributed by atoms with Crippen LogP contribution in [0.15, 0.2) is 23.5 Å². The standard InChI is InChI=1S/C11H16N2O3/c1-8(2)12-13-5-9(7-14)4-10(6-13)11(15)16-3/h5-8,12H,4H2,1-3H3. The van der Waals surface area contributed by atoms with Crippen molar-refractivity contribution in [3.63, 3.8) is 0 Å². The third-order valence-electron chi connectivity index (χ3n) is 2.00. The van der Waals surface area contributed by atoms with Crippen LogP contribution in [0.5, 0.6) is 0 Å². The van der Waals surface area contributed by atoms with Crippen LogP contribution < -0.4 is 5.43 Å². The van der Waals surface area contributed by atoms with Gasteiger partial charge < -0.3 is 4.74 Å². The van der Waals surface area contributed by atoms with Gasteiger partial charge in [-0.1, -0.05) is 0 Å². The molecule has 1 rings (SSSR count). The first kappa shape index (κ1) is 12.4. The fraction of sp³-hybridized carbons (Fsp3) is 0.455. The van der Waals surface area contributed by atoms with Crippen LogP contribution in [0, 0.1) is 0 Å². The number of nitrogens with one attached hydrogen (secondary N) is 1. The van der Waals surface area contributed by atoms with Gasteiger partial charge in [0.2, 0.25) is 0 Å². The molecule has 0 fully saturated rings. The molecule has 88 valence electrons. The number of methoxy groups -OCH3 is 1. The molecule has 0 amide bonds. The van der Waals surface area contributed by atoms with Gasteiger partial charge in [0.15, 0.2) is 0 Å². The lowest BCUT2D eigenvalue weighted by atomic mass is 10.1. The zero-order chi connectivity index (χ0) is 12.1. The largest absolute Gasteiger partial charge is 0.466 e. The summed E-state index contributed by atoms with van der Waals surface area (Å²) >= 11 is 0. The second-order valence-corrected chi connectivity index (χ2v) is 3.84. The minimum Gasteiger partial charge on any atom is -0.466 e. The lowest BCUT2D eigenvalue weighted by Crippen LogP contribution is -2.37. The zero-order valence-corrected chi connectivity index (χ0v) is 9.69. The Bertz CT molecular complexity index is 345. The highest BCUT2D eigenvalue weighted by Gasteiger charge is 2.18. The highest BCUT2D eigenvalue weighted by molar-refractivity contribution is 5.91. The van der Waals surface area contributed by atoms with E-state index in [2.05, 4.69) is 10.2 Å². The fourth-order valence-electron chi connectivity index (χ4n) is 1.40. The fourth-order valence-corrected chi connectivity index (χ4v) is 1.40. The monoisotopic (exact) mass is 224 g/mol. The van der Waals surface area contributed by atoms with E-state index in [1.807, 2.05) is 13.8 Å². The van der Waals surface area contributed by atoms with Crippen LogP contribution in [0.3, 0.4) is 0 Å². The first-order chi connectivity index (χ1) is 7.56. The minimum atomic E-state index is -0.414. The summed E-state index contributed by atoms with van der Waals surface area (Å²) in [6.45, 7) is 3.93. The van der Waals surface area contributed by atoms with Crippen molar-refractivity contribution in [3.05, 3.63) is 23.5 Å². The lowest BCUT2D eigenvalue weighted by Gasteiger charge is -2.25. The third-order valence-corrected chi connectivity index (χ3v) is 2.00. The van der Waals surface area contributed by atoms with Crippen LogP contribution in [0.25, 0.3) is 0 Å². The Balaban J connectivity index is 2.84. The predicted molar refractivity (Wildman–Crippen MR) is 59.0 cm³/mol. The van der Waals surface area contributed by atoms with Gasteiger partial charge >= 0.3 is 5.97 Å². The van der Waals surface area contributed by atoms with E-state index in [1.165, 1.54) is 7.11 Å². The van der Waals surface area contributed by atoms with Crippen molar-refractivity contribution in [1.29, 1.82) is 0 Å². The smallest absolute Gasteiger partial charge is 0.335 e. The maximum Gasteiger partial charge on any atom is 0.335 e. The van der Waals surface area contributed by atoms with E-state index in [4.69, 9.17) is 0 Å². The molecule has 0 atom stereocenters. The van der Waals surface area contributed by atoms with E-state index < -0.39 is 5.97 Å². The molecule has 0 saturated carbocycles. The molecule has 1 aliphatic rings. The van der Waals surface area contributed by atoms with Crippen molar-refractivity contribution in [2.75, 3.05) is 7.11 Å². The Labute approximate surface area is 94.7 Å². The molecule has 1 heterocycles. The molecular formula is C11H16N2O3. The number of hydrogen-bond donors (Lipinski definition) is 1. The number of carbonyl (C=O) groups is 2. The van der Waals surface area contributed by atoms with Gasteiger partial charge in [0, 0.05) is 30.4 Å². The second kappa shape index (κ2) is 5.46. The van der Waals surface area contributed by atoms with Gasteiger partial charge in [0.1, 0.15) is 6.29 Å². The van der Waals surface area contributed by atoms with Crippen molar-refractivity contribution < 1.29 is 14.3 Å². The summed E-state index contributed by atoms with van der Waals surface area (Å²) in [4.78, 5) is 22.1. The van der Waals surface area contributed by atoms with E-state index in [-0.39, 0.29) is 6.04 Å². The van der Waals surface area contributed by atoms with Gasteiger partial charge in [-0.3, -0.25) is 9.80 Å². The van der Waals surface area contributed by atoms with Crippen molar-refractivity contribution >= 4 is 12.3 Å². The molecule has 5 heteroatoms. The molecule has 0 aliphatic carbocycles. The molecule has 1 N–H and O–H groups in total. The number of rotatable bonds is 4.